The third-order valence-electron chi connectivity index (χ3n) is 4.01. The van der Waals surface area contributed by atoms with Crippen LogP contribution in [0.1, 0.15) is 32.4 Å². The Morgan fingerprint density at radius 2 is 2.16 bits per heavy atom. The number of urea groups is 1. The van der Waals surface area contributed by atoms with Gasteiger partial charge in [-0.05, 0) is 30.9 Å². The first-order chi connectivity index (χ1) is 11.5. The summed E-state index contributed by atoms with van der Waals surface area (Å²) in [5.41, 5.74) is 5.33. The number of amides is 2. The van der Waals surface area contributed by atoms with Crippen LogP contribution in [0.25, 0.3) is 0 Å². The first-order valence-electron chi connectivity index (χ1n) is 8.66. The molecule has 0 bridgehead atoms. The van der Waals surface area contributed by atoms with Gasteiger partial charge in [-0.25, -0.2) is 4.79 Å². The van der Waals surface area contributed by atoms with Crippen LogP contribution in [-0.4, -0.2) is 49.1 Å². The minimum atomic E-state index is -0.335. The molecule has 1 aliphatic heterocycles. The summed E-state index contributed by atoms with van der Waals surface area (Å²) in [4.78, 5) is 17.5. The third kappa shape index (κ3) is 7.98. The maximum Gasteiger partial charge on any atom is 0.314 e. The number of halogens is 1. The Hall–Kier alpha value is -1.45. The zero-order valence-electron chi connectivity index (χ0n) is 15.0. The van der Waals surface area contributed by atoms with E-state index in [1.54, 1.807) is 11.2 Å². The SMILES string of the molecule is CC(C)CN=C(NCCc1ccco1)NC1CCN(C(N)=O)CC1.I. The fourth-order valence-electron chi connectivity index (χ4n) is 2.62. The van der Waals surface area contributed by atoms with Crippen LogP contribution in [0.15, 0.2) is 27.8 Å². The molecular formula is C17H30IN5O2. The van der Waals surface area contributed by atoms with E-state index in [0.717, 1.165) is 44.1 Å². The average Bonchev–Trinajstić information content (AvgIpc) is 3.06. The summed E-state index contributed by atoms with van der Waals surface area (Å²) >= 11 is 0. The molecule has 8 heteroatoms. The van der Waals surface area contributed by atoms with Crippen LogP contribution < -0.4 is 16.4 Å². The van der Waals surface area contributed by atoms with Gasteiger partial charge in [0.25, 0.3) is 0 Å². The number of primary amides is 1. The third-order valence-corrected chi connectivity index (χ3v) is 4.01. The van der Waals surface area contributed by atoms with Gasteiger partial charge in [-0.2, -0.15) is 0 Å². The molecule has 0 unspecified atom stereocenters. The minimum Gasteiger partial charge on any atom is -0.469 e. The highest BCUT2D eigenvalue weighted by Gasteiger charge is 2.21. The number of hydrogen-bond donors (Lipinski definition) is 3. The van der Waals surface area contributed by atoms with Crippen LogP contribution in [0, 0.1) is 5.92 Å². The lowest BCUT2D eigenvalue weighted by Crippen LogP contribution is -2.51. The second kappa shape index (κ2) is 11.2. The fourth-order valence-corrected chi connectivity index (χ4v) is 2.62. The van der Waals surface area contributed by atoms with Crippen molar-refractivity contribution >= 4 is 36.0 Å². The van der Waals surface area contributed by atoms with E-state index in [0.29, 0.717) is 25.0 Å². The molecule has 2 heterocycles. The van der Waals surface area contributed by atoms with Gasteiger partial charge >= 0.3 is 6.03 Å². The molecule has 0 saturated carbocycles. The lowest BCUT2D eigenvalue weighted by Gasteiger charge is -2.32. The topological polar surface area (TPSA) is 95.9 Å². The van der Waals surface area contributed by atoms with Crippen molar-refractivity contribution in [2.24, 2.45) is 16.6 Å². The molecule has 1 aromatic rings. The number of furan rings is 1. The molecule has 0 atom stereocenters. The van der Waals surface area contributed by atoms with E-state index in [1.807, 2.05) is 12.1 Å². The number of aliphatic imine (C=N–C) groups is 1. The Kier molecular flexibility index (Phi) is 9.69. The maximum absolute atomic E-state index is 11.2. The number of guanidine groups is 1. The number of nitrogens with two attached hydrogens (primary N) is 1. The molecule has 1 fully saturated rings. The maximum atomic E-state index is 11.2. The monoisotopic (exact) mass is 463 g/mol. The van der Waals surface area contributed by atoms with E-state index in [1.165, 1.54) is 0 Å². The van der Waals surface area contributed by atoms with E-state index >= 15 is 0 Å². The Bertz CT molecular complexity index is 525. The molecule has 4 N–H and O–H groups in total. The standard InChI is InChI=1S/C17H29N5O2.HI/c1-13(2)12-20-17(19-8-5-15-4-3-11-24-15)21-14-6-9-22(10-7-14)16(18)23;/h3-4,11,13-14H,5-10,12H2,1-2H3,(H2,18,23)(H2,19,20,21);1H. The van der Waals surface area contributed by atoms with Crippen molar-refractivity contribution in [3.05, 3.63) is 24.2 Å². The number of piperidine rings is 1. The summed E-state index contributed by atoms with van der Waals surface area (Å²) in [5, 5.41) is 6.85. The van der Waals surface area contributed by atoms with Crippen molar-refractivity contribution < 1.29 is 9.21 Å². The predicted molar refractivity (Wildman–Crippen MR) is 110 cm³/mol. The molecule has 7 nitrogen and oxygen atoms in total. The molecule has 2 amide bonds. The molecule has 1 aliphatic rings. The van der Waals surface area contributed by atoms with Gasteiger partial charge in [-0.1, -0.05) is 13.8 Å². The number of nitrogens with one attached hydrogen (secondary N) is 2. The molecule has 142 valence electrons. The number of nitrogens with zero attached hydrogens (tertiary/aromatic N) is 2. The van der Waals surface area contributed by atoms with E-state index in [2.05, 4.69) is 29.5 Å². The molecule has 0 radical (unpaired) electrons. The normalized spacial score (nSPS) is 15.8. The summed E-state index contributed by atoms with van der Waals surface area (Å²) in [5.74, 6) is 2.29. The highest BCUT2D eigenvalue weighted by atomic mass is 127. The Morgan fingerprint density at radius 3 is 2.72 bits per heavy atom. The number of likely N-dealkylation sites (tertiary alicyclic amines) is 1. The molecule has 0 aromatic carbocycles. The van der Waals surface area contributed by atoms with Gasteiger partial charge in [0.15, 0.2) is 5.96 Å². The van der Waals surface area contributed by atoms with Crippen LogP contribution in [0.4, 0.5) is 4.79 Å². The van der Waals surface area contributed by atoms with Crippen LogP contribution in [0.3, 0.4) is 0 Å². The average molecular weight is 463 g/mol. The summed E-state index contributed by atoms with van der Waals surface area (Å²) < 4.78 is 5.35. The van der Waals surface area contributed by atoms with Crippen molar-refractivity contribution in [1.29, 1.82) is 0 Å². The van der Waals surface area contributed by atoms with E-state index in [4.69, 9.17) is 10.2 Å². The quantitative estimate of drug-likeness (QED) is 0.342. The van der Waals surface area contributed by atoms with E-state index in [-0.39, 0.29) is 30.0 Å². The van der Waals surface area contributed by atoms with Crippen LogP contribution in [0.2, 0.25) is 0 Å². The predicted octanol–water partition coefficient (Wildman–Crippen LogP) is 2.17. The first kappa shape index (κ1) is 21.6. The smallest absolute Gasteiger partial charge is 0.314 e. The minimum absolute atomic E-state index is 0. The number of carbonyl (C=O) groups excluding carboxylic acids is 1. The van der Waals surface area contributed by atoms with E-state index in [9.17, 15) is 4.79 Å². The molecule has 2 rings (SSSR count). The van der Waals surface area contributed by atoms with Gasteiger partial charge in [0.1, 0.15) is 5.76 Å². The fraction of sp³-hybridized carbons (Fsp3) is 0.647. The van der Waals surface area contributed by atoms with Crippen molar-refractivity contribution in [2.45, 2.75) is 39.2 Å². The molecule has 0 aliphatic carbocycles. The first-order valence-corrected chi connectivity index (χ1v) is 8.66. The molecular weight excluding hydrogens is 433 g/mol. The number of carbonyl (C=O) groups is 1. The molecule has 1 saturated heterocycles. The zero-order chi connectivity index (χ0) is 17.4. The lowest BCUT2D eigenvalue weighted by atomic mass is 10.1. The lowest BCUT2D eigenvalue weighted by molar-refractivity contribution is 0.188. The van der Waals surface area contributed by atoms with Gasteiger partial charge in [0, 0.05) is 38.6 Å². The summed E-state index contributed by atoms with van der Waals surface area (Å²) in [7, 11) is 0. The Morgan fingerprint density at radius 1 is 1.44 bits per heavy atom. The van der Waals surface area contributed by atoms with Gasteiger partial charge < -0.3 is 25.7 Å². The highest BCUT2D eigenvalue weighted by Crippen LogP contribution is 2.10. The largest absolute Gasteiger partial charge is 0.469 e. The highest BCUT2D eigenvalue weighted by molar-refractivity contribution is 14.0. The number of hydrogen-bond acceptors (Lipinski definition) is 3. The summed E-state index contributed by atoms with van der Waals surface area (Å²) in [6.07, 6.45) is 4.26. The van der Waals surface area contributed by atoms with Crippen molar-refractivity contribution in [3.63, 3.8) is 0 Å². The molecule has 1 aromatic heterocycles. The van der Waals surface area contributed by atoms with Crippen LogP contribution in [-0.2, 0) is 6.42 Å². The van der Waals surface area contributed by atoms with Crippen LogP contribution >= 0.6 is 24.0 Å². The van der Waals surface area contributed by atoms with Gasteiger partial charge in [0.2, 0.25) is 0 Å². The van der Waals surface area contributed by atoms with E-state index < -0.39 is 0 Å². The second-order valence-corrected chi connectivity index (χ2v) is 6.58. The van der Waals surface area contributed by atoms with Crippen molar-refractivity contribution in [2.75, 3.05) is 26.2 Å². The molecule has 25 heavy (non-hydrogen) atoms. The van der Waals surface area contributed by atoms with Gasteiger partial charge in [0.05, 0.1) is 6.26 Å². The van der Waals surface area contributed by atoms with Gasteiger partial charge in [-0.15, -0.1) is 24.0 Å². The summed E-state index contributed by atoms with van der Waals surface area (Å²) in [6, 6.07) is 3.84. The summed E-state index contributed by atoms with van der Waals surface area (Å²) in [6.45, 7) is 7.21. The van der Waals surface area contributed by atoms with Crippen molar-refractivity contribution in [1.82, 2.24) is 15.5 Å². The Balaban J connectivity index is 0.00000312. The zero-order valence-corrected chi connectivity index (χ0v) is 17.4. The Labute approximate surface area is 166 Å². The molecule has 0 spiro atoms. The van der Waals surface area contributed by atoms with Crippen LogP contribution in [0.5, 0.6) is 0 Å². The van der Waals surface area contributed by atoms with Crippen molar-refractivity contribution in [3.8, 4) is 0 Å². The van der Waals surface area contributed by atoms with Gasteiger partial charge in [-0.3, -0.25) is 4.99 Å². The number of rotatable bonds is 6. The second-order valence-electron chi connectivity index (χ2n) is 6.58.